The lowest BCUT2D eigenvalue weighted by Gasteiger charge is -2.22. The number of hydrogen-bond donors (Lipinski definition) is 1. The van der Waals surface area contributed by atoms with Gasteiger partial charge in [0.1, 0.15) is 5.82 Å². The minimum Gasteiger partial charge on any atom is -0.324 e. The van der Waals surface area contributed by atoms with Crippen molar-refractivity contribution >= 4 is 28.8 Å². The summed E-state index contributed by atoms with van der Waals surface area (Å²) in [7, 11) is 0. The van der Waals surface area contributed by atoms with Gasteiger partial charge in [0.2, 0.25) is 5.95 Å². The van der Waals surface area contributed by atoms with Crippen LogP contribution in [0.3, 0.4) is 0 Å². The van der Waals surface area contributed by atoms with E-state index in [-0.39, 0.29) is 17.5 Å². The van der Waals surface area contributed by atoms with Gasteiger partial charge in [0.25, 0.3) is 0 Å². The third-order valence-corrected chi connectivity index (χ3v) is 5.12. The lowest BCUT2D eigenvalue weighted by molar-refractivity contribution is 0.0963. The largest absolute Gasteiger partial charge is 0.324 e. The Morgan fingerprint density at radius 3 is 2.75 bits per heavy atom. The highest BCUT2D eigenvalue weighted by molar-refractivity contribution is 7.10. The van der Waals surface area contributed by atoms with E-state index in [2.05, 4.69) is 21.4 Å². The molecule has 120 valence electrons. The molecule has 0 saturated carbocycles. The first kappa shape index (κ1) is 15.0. The van der Waals surface area contributed by atoms with Gasteiger partial charge in [-0.05, 0) is 42.1 Å². The fourth-order valence-electron chi connectivity index (χ4n) is 2.89. The van der Waals surface area contributed by atoms with Gasteiger partial charge in [0.05, 0.1) is 11.3 Å². The fraction of sp³-hybridized carbons (Fsp3) is 0.167. The Labute approximate surface area is 142 Å². The lowest BCUT2D eigenvalue weighted by Crippen LogP contribution is -2.20. The van der Waals surface area contributed by atoms with Crippen LogP contribution >= 0.6 is 11.3 Å². The van der Waals surface area contributed by atoms with E-state index in [0.29, 0.717) is 23.6 Å². The van der Waals surface area contributed by atoms with Gasteiger partial charge in [-0.25, -0.2) is 14.4 Å². The van der Waals surface area contributed by atoms with Gasteiger partial charge in [-0.3, -0.25) is 4.79 Å². The van der Waals surface area contributed by atoms with Gasteiger partial charge in [-0.1, -0.05) is 6.07 Å². The first-order chi connectivity index (χ1) is 11.7. The number of halogens is 1. The molecule has 2 heterocycles. The van der Waals surface area contributed by atoms with Crippen LogP contribution in [0, 0.1) is 5.82 Å². The number of rotatable bonds is 3. The number of Topliss-reactive ketones (excluding diaryl/α,β-unsaturated/α-hetero) is 1. The second kappa shape index (κ2) is 6.13. The van der Waals surface area contributed by atoms with Crippen molar-refractivity contribution in [3.63, 3.8) is 0 Å². The predicted octanol–water partition coefficient (Wildman–Crippen LogP) is 4.33. The number of ketones is 1. The summed E-state index contributed by atoms with van der Waals surface area (Å²) in [6.45, 7) is 0. The standard InChI is InChI=1S/C18H14FN3OS/c19-12-3-5-13(6-4-12)21-18-20-10-14-15(22-18)8-11(9-16(14)23)17-2-1-7-24-17/h1-7,10-11H,8-9H2,(H,20,21,22)/t11-/m1/s1. The van der Waals surface area contributed by atoms with Crippen LogP contribution in [0.2, 0.25) is 0 Å². The molecule has 1 aromatic carbocycles. The first-order valence-electron chi connectivity index (χ1n) is 7.64. The van der Waals surface area contributed by atoms with Crippen LogP contribution in [0.15, 0.2) is 48.0 Å². The number of hydrogen-bond acceptors (Lipinski definition) is 5. The number of nitrogens with one attached hydrogen (secondary N) is 1. The van der Waals surface area contributed by atoms with Crippen molar-refractivity contribution in [3.8, 4) is 0 Å². The van der Waals surface area contributed by atoms with E-state index in [1.54, 1.807) is 29.7 Å². The molecule has 0 unspecified atom stereocenters. The summed E-state index contributed by atoms with van der Waals surface area (Å²) in [4.78, 5) is 22.3. The molecule has 2 aromatic heterocycles. The highest BCUT2D eigenvalue weighted by Crippen LogP contribution is 2.34. The van der Waals surface area contributed by atoms with E-state index in [4.69, 9.17) is 0 Å². The molecule has 0 spiro atoms. The monoisotopic (exact) mass is 339 g/mol. The number of carbonyl (C=O) groups excluding carboxylic acids is 1. The maximum Gasteiger partial charge on any atom is 0.227 e. The zero-order valence-electron chi connectivity index (χ0n) is 12.7. The van der Waals surface area contributed by atoms with Crippen molar-refractivity contribution in [1.29, 1.82) is 0 Å². The van der Waals surface area contributed by atoms with Crippen LogP contribution in [0.5, 0.6) is 0 Å². The molecule has 24 heavy (non-hydrogen) atoms. The van der Waals surface area contributed by atoms with Crippen molar-refractivity contribution in [2.75, 3.05) is 5.32 Å². The average Bonchev–Trinajstić information content (AvgIpc) is 3.11. The summed E-state index contributed by atoms with van der Waals surface area (Å²) in [6.07, 6.45) is 2.81. The molecule has 6 heteroatoms. The molecule has 3 aromatic rings. The Hall–Kier alpha value is -2.60. The van der Waals surface area contributed by atoms with E-state index in [1.165, 1.54) is 17.0 Å². The summed E-state index contributed by atoms with van der Waals surface area (Å²) < 4.78 is 13.0. The van der Waals surface area contributed by atoms with Crippen LogP contribution in [-0.4, -0.2) is 15.8 Å². The van der Waals surface area contributed by atoms with E-state index < -0.39 is 0 Å². The van der Waals surface area contributed by atoms with Gasteiger partial charge in [-0.15, -0.1) is 11.3 Å². The number of carbonyl (C=O) groups is 1. The molecule has 1 N–H and O–H groups in total. The average molecular weight is 339 g/mol. The zero-order chi connectivity index (χ0) is 16.5. The molecule has 1 aliphatic carbocycles. The predicted molar refractivity (Wildman–Crippen MR) is 91.4 cm³/mol. The summed E-state index contributed by atoms with van der Waals surface area (Å²) in [5, 5.41) is 5.07. The third-order valence-electron chi connectivity index (χ3n) is 4.09. The highest BCUT2D eigenvalue weighted by atomic mass is 32.1. The number of fused-ring (bicyclic) bond motifs is 1. The second-order valence-corrected chi connectivity index (χ2v) is 6.71. The maximum atomic E-state index is 13.0. The van der Waals surface area contributed by atoms with Crippen molar-refractivity contribution in [3.05, 3.63) is 69.9 Å². The number of benzene rings is 1. The summed E-state index contributed by atoms with van der Waals surface area (Å²) in [5.74, 6) is 0.387. The van der Waals surface area contributed by atoms with Crippen LogP contribution < -0.4 is 5.32 Å². The van der Waals surface area contributed by atoms with Crippen molar-refractivity contribution in [1.82, 2.24) is 9.97 Å². The van der Waals surface area contributed by atoms with Gasteiger partial charge in [-0.2, -0.15) is 0 Å². The molecular formula is C18H14FN3OS. The van der Waals surface area contributed by atoms with E-state index in [1.807, 2.05) is 11.4 Å². The molecule has 0 aliphatic heterocycles. The maximum absolute atomic E-state index is 13.0. The van der Waals surface area contributed by atoms with E-state index in [9.17, 15) is 9.18 Å². The van der Waals surface area contributed by atoms with Crippen molar-refractivity contribution in [2.24, 2.45) is 0 Å². The third kappa shape index (κ3) is 2.92. The zero-order valence-corrected chi connectivity index (χ0v) is 13.5. The minimum absolute atomic E-state index is 0.0861. The van der Waals surface area contributed by atoms with Crippen molar-refractivity contribution in [2.45, 2.75) is 18.8 Å². The Balaban J connectivity index is 1.61. The summed E-state index contributed by atoms with van der Waals surface area (Å²) >= 11 is 1.67. The highest BCUT2D eigenvalue weighted by Gasteiger charge is 2.28. The van der Waals surface area contributed by atoms with Crippen LogP contribution in [0.1, 0.15) is 33.3 Å². The van der Waals surface area contributed by atoms with Crippen LogP contribution in [0.4, 0.5) is 16.0 Å². The van der Waals surface area contributed by atoms with Gasteiger partial charge in [0.15, 0.2) is 5.78 Å². The SMILES string of the molecule is O=C1C[C@H](c2cccs2)Cc2nc(Nc3ccc(F)cc3)ncc21. The Bertz CT molecular complexity index is 878. The van der Waals surface area contributed by atoms with E-state index in [0.717, 1.165) is 12.1 Å². The summed E-state index contributed by atoms with van der Waals surface area (Å²) in [6, 6.07) is 10.1. The van der Waals surface area contributed by atoms with Crippen molar-refractivity contribution < 1.29 is 9.18 Å². The Morgan fingerprint density at radius 1 is 1.17 bits per heavy atom. The number of thiophene rings is 1. The Kier molecular flexibility index (Phi) is 3.82. The summed E-state index contributed by atoms with van der Waals surface area (Å²) in [5.41, 5.74) is 2.07. The molecule has 4 nitrogen and oxygen atoms in total. The van der Waals surface area contributed by atoms with E-state index >= 15 is 0 Å². The molecule has 0 saturated heterocycles. The Morgan fingerprint density at radius 2 is 2.00 bits per heavy atom. The molecule has 1 aliphatic rings. The smallest absolute Gasteiger partial charge is 0.227 e. The molecule has 0 bridgehead atoms. The molecular weight excluding hydrogens is 325 g/mol. The fourth-order valence-corrected chi connectivity index (χ4v) is 3.72. The number of aromatic nitrogens is 2. The van der Waals surface area contributed by atoms with Crippen LogP contribution in [-0.2, 0) is 6.42 Å². The first-order valence-corrected chi connectivity index (χ1v) is 8.52. The number of anilines is 2. The normalized spacial score (nSPS) is 16.7. The molecule has 0 radical (unpaired) electrons. The van der Waals surface area contributed by atoms with Gasteiger partial charge in [0, 0.05) is 29.1 Å². The number of nitrogens with zero attached hydrogens (tertiary/aromatic N) is 2. The van der Waals surface area contributed by atoms with Crippen LogP contribution in [0.25, 0.3) is 0 Å². The van der Waals surface area contributed by atoms with Gasteiger partial charge >= 0.3 is 0 Å². The molecule has 4 rings (SSSR count). The molecule has 0 amide bonds. The minimum atomic E-state index is -0.295. The molecule has 0 fully saturated rings. The topological polar surface area (TPSA) is 54.9 Å². The molecule has 1 atom stereocenters. The lowest BCUT2D eigenvalue weighted by atomic mass is 9.86. The van der Waals surface area contributed by atoms with Gasteiger partial charge < -0.3 is 5.32 Å². The second-order valence-electron chi connectivity index (χ2n) is 5.73. The quantitative estimate of drug-likeness (QED) is 0.771.